The third-order valence-corrected chi connectivity index (χ3v) is 5.30. The number of aryl methyl sites for hydroxylation is 1. The lowest BCUT2D eigenvalue weighted by molar-refractivity contribution is 0.0829. The zero-order chi connectivity index (χ0) is 14.4. The molecule has 0 radical (unpaired) electrons. The Morgan fingerprint density at radius 1 is 1.05 bits per heavy atom. The number of hydrogen-bond donors (Lipinski definition) is 2. The molecule has 2 aromatic rings. The molecule has 1 atom stereocenters. The first-order chi connectivity index (χ1) is 10.2. The Bertz CT molecular complexity index is 672. The minimum absolute atomic E-state index is 0.740. The summed E-state index contributed by atoms with van der Waals surface area (Å²) in [5.74, 6) is 0.740. The topological polar surface area (TPSA) is 46.2 Å². The number of nitrogens with two attached hydrogens (primary N) is 1. The molecule has 21 heavy (non-hydrogen) atoms. The van der Waals surface area contributed by atoms with Gasteiger partial charge in [-0.2, -0.15) is 0 Å². The predicted octanol–water partition coefficient (Wildman–Crippen LogP) is 3.72. The molecule has 0 aliphatic heterocycles. The Morgan fingerprint density at radius 2 is 1.81 bits per heavy atom. The highest BCUT2D eigenvalue weighted by Gasteiger charge is 2.38. The molecule has 1 fully saturated rings. The van der Waals surface area contributed by atoms with Crippen LogP contribution >= 0.6 is 0 Å². The quantitative estimate of drug-likeness (QED) is 0.823. The average Bonchev–Trinajstić information content (AvgIpc) is 2.76. The third-order valence-electron chi connectivity index (χ3n) is 5.30. The number of anilines is 1. The van der Waals surface area contributed by atoms with E-state index in [4.69, 9.17) is 5.73 Å². The maximum Gasteiger partial charge on any atom is 0.115 e. The van der Waals surface area contributed by atoms with Gasteiger partial charge in [0, 0.05) is 5.69 Å². The summed E-state index contributed by atoms with van der Waals surface area (Å²) in [7, 11) is 0. The third kappa shape index (κ3) is 1.97. The fourth-order valence-corrected chi connectivity index (χ4v) is 3.75. The largest absolute Gasteiger partial charge is 0.399 e. The number of aliphatic hydroxyl groups is 1. The monoisotopic (exact) mass is 279 g/mol. The van der Waals surface area contributed by atoms with E-state index in [0.29, 0.717) is 0 Å². The smallest absolute Gasteiger partial charge is 0.115 e. The lowest BCUT2D eigenvalue weighted by Crippen LogP contribution is -2.24. The Morgan fingerprint density at radius 3 is 2.48 bits per heavy atom. The van der Waals surface area contributed by atoms with E-state index in [1.54, 1.807) is 0 Å². The Hall–Kier alpha value is -1.80. The van der Waals surface area contributed by atoms with Crippen LogP contribution in [-0.2, 0) is 12.0 Å². The van der Waals surface area contributed by atoms with Gasteiger partial charge >= 0.3 is 0 Å². The van der Waals surface area contributed by atoms with E-state index in [2.05, 4.69) is 24.3 Å². The number of hydrogen-bond acceptors (Lipinski definition) is 2. The van der Waals surface area contributed by atoms with Crippen molar-refractivity contribution in [3.63, 3.8) is 0 Å². The minimum Gasteiger partial charge on any atom is -0.399 e. The van der Waals surface area contributed by atoms with Crippen molar-refractivity contribution in [1.29, 1.82) is 0 Å². The summed E-state index contributed by atoms with van der Waals surface area (Å²) in [4.78, 5) is 0. The molecule has 2 aromatic carbocycles. The van der Waals surface area contributed by atoms with Gasteiger partial charge in [-0.1, -0.05) is 36.8 Å². The van der Waals surface area contributed by atoms with Crippen LogP contribution in [0.2, 0.25) is 0 Å². The molecule has 0 aromatic heterocycles. The van der Waals surface area contributed by atoms with Crippen LogP contribution in [0.25, 0.3) is 0 Å². The molecule has 2 aliphatic carbocycles. The zero-order valence-corrected chi connectivity index (χ0v) is 12.2. The summed E-state index contributed by atoms with van der Waals surface area (Å²) in [6, 6.07) is 14.5. The van der Waals surface area contributed by atoms with Crippen molar-refractivity contribution in [2.75, 3.05) is 5.73 Å². The molecule has 4 rings (SSSR count). The van der Waals surface area contributed by atoms with Crippen molar-refractivity contribution in [1.82, 2.24) is 0 Å². The lowest BCUT2D eigenvalue weighted by atomic mass is 9.79. The van der Waals surface area contributed by atoms with Crippen LogP contribution in [0.3, 0.4) is 0 Å². The van der Waals surface area contributed by atoms with E-state index in [1.165, 1.54) is 30.4 Å². The number of rotatable bonds is 2. The normalized spacial score (nSPS) is 24.6. The van der Waals surface area contributed by atoms with Crippen LogP contribution in [0.4, 0.5) is 5.69 Å². The van der Waals surface area contributed by atoms with E-state index in [9.17, 15) is 5.11 Å². The second-order valence-electron chi connectivity index (χ2n) is 6.53. The van der Waals surface area contributed by atoms with Gasteiger partial charge in [0.25, 0.3) is 0 Å². The molecular formula is C19H21NO. The van der Waals surface area contributed by atoms with Gasteiger partial charge in [0.05, 0.1) is 0 Å². The summed E-state index contributed by atoms with van der Waals surface area (Å²) in [6.07, 6.45) is 5.61. The van der Waals surface area contributed by atoms with E-state index in [1.807, 2.05) is 18.2 Å². The fourth-order valence-electron chi connectivity index (χ4n) is 3.75. The number of fused-ring (bicyclic) bond motifs is 1. The van der Waals surface area contributed by atoms with Gasteiger partial charge < -0.3 is 10.8 Å². The van der Waals surface area contributed by atoms with Gasteiger partial charge in [0.15, 0.2) is 0 Å². The van der Waals surface area contributed by atoms with Crippen LogP contribution in [0.1, 0.15) is 53.9 Å². The summed E-state index contributed by atoms with van der Waals surface area (Å²) in [6.45, 7) is 0. The highest BCUT2D eigenvalue weighted by molar-refractivity contribution is 5.52. The molecule has 1 unspecified atom stereocenters. The van der Waals surface area contributed by atoms with Gasteiger partial charge in [0.2, 0.25) is 0 Å². The Kier molecular flexibility index (Phi) is 2.83. The molecule has 0 heterocycles. The van der Waals surface area contributed by atoms with Crippen molar-refractivity contribution in [3.05, 3.63) is 64.7 Å². The van der Waals surface area contributed by atoms with Crippen LogP contribution in [0.5, 0.6) is 0 Å². The molecule has 0 amide bonds. The molecule has 0 bridgehead atoms. The SMILES string of the molecule is Nc1ccc2c(c1)CCC2(O)c1ccc(C2CCC2)cc1. The van der Waals surface area contributed by atoms with Gasteiger partial charge in [0.1, 0.15) is 5.60 Å². The van der Waals surface area contributed by atoms with Gasteiger partial charge in [-0.05, 0) is 66.0 Å². The van der Waals surface area contributed by atoms with Gasteiger partial charge in [-0.3, -0.25) is 0 Å². The first-order valence-electron chi connectivity index (χ1n) is 7.88. The molecule has 1 saturated carbocycles. The van der Waals surface area contributed by atoms with Crippen molar-refractivity contribution in [2.24, 2.45) is 0 Å². The first kappa shape index (κ1) is 12.9. The molecule has 0 saturated heterocycles. The number of benzene rings is 2. The second-order valence-corrected chi connectivity index (χ2v) is 6.53. The Labute approximate surface area is 125 Å². The van der Waals surface area contributed by atoms with E-state index in [0.717, 1.165) is 35.6 Å². The molecule has 2 nitrogen and oxygen atoms in total. The molecule has 2 aliphatic rings. The maximum absolute atomic E-state index is 11.2. The molecule has 2 heteroatoms. The molecule has 0 spiro atoms. The summed E-state index contributed by atoms with van der Waals surface area (Å²) in [5, 5.41) is 11.2. The summed E-state index contributed by atoms with van der Waals surface area (Å²) < 4.78 is 0. The van der Waals surface area contributed by atoms with Crippen LogP contribution in [0, 0.1) is 0 Å². The lowest BCUT2D eigenvalue weighted by Gasteiger charge is -2.28. The second kappa shape index (κ2) is 4.60. The summed E-state index contributed by atoms with van der Waals surface area (Å²) in [5.41, 5.74) is 10.4. The van der Waals surface area contributed by atoms with Crippen molar-refractivity contribution in [2.45, 2.75) is 43.6 Å². The van der Waals surface area contributed by atoms with Crippen LogP contribution in [-0.4, -0.2) is 5.11 Å². The van der Waals surface area contributed by atoms with E-state index >= 15 is 0 Å². The van der Waals surface area contributed by atoms with Gasteiger partial charge in [-0.15, -0.1) is 0 Å². The zero-order valence-electron chi connectivity index (χ0n) is 12.2. The first-order valence-corrected chi connectivity index (χ1v) is 7.88. The van der Waals surface area contributed by atoms with Crippen molar-refractivity contribution >= 4 is 5.69 Å². The fraction of sp³-hybridized carbons (Fsp3) is 0.368. The Balaban J connectivity index is 1.70. The highest BCUT2D eigenvalue weighted by atomic mass is 16.3. The van der Waals surface area contributed by atoms with Crippen molar-refractivity contribution < 1.29 is 5.11 Å². The van der Waals surface area contributed by atoms with Gasteiger partial charge in [-0.25, -0.2) is 0 Å². The number of nitrogen functional groups attached to an aromatic ring is 1. The average molecular weight is 279 g/mol. The molecule has 108 valence electrons. The van der Waals surface area contributed by atoms with Crippen LogP contribution in [0.15, 0.2) is 42.5 Å². The molecular weight excluding hydrogens is 258 g/mol. The van der Waals surface area contributed by atoms with Crippen molar-refractivity contribution in [3.8, 4) is 0 Å². The minimum atomic E-state index is -0.846. The van der Waals surface area contributed by atoms with E-state index < -0.39 is 5.60 Å². The maximum atomic E-state index is 11.2. The predicted molar refractivity (Wildman–Crippen MR) is 85.2 cm³/mol. The van der Waals surface area contributed by atoms with Crippen LogP contribution < -0.4 is 5.73 Å². The molecule has 3 N–H and O–H groups in total. The standard InChI is InChI=1S/C19H21NO/c20-17-8-9-18-15(12-17)10-11-19(18,21)16-6-4-14(5-7-16)13-2-1-3-13/h4-9,12-13,21H,1-3,10-11,20H2. The summed E-state index contributed by atoms with van der Waals surface area (Å²) >= 11 is 0. The van der Waals surface area contributed by atoms with E-state index in [-0.39, 0.29) is 0 Å². The highest BCUT2D eigenvalue weighted by Crippen LogP contribution is 2.43.